The molecule has 0 fully saturated rings. The standard InChI is InChI=1S/C16H18O2/c1-12-8-9-16(17-3)14(10-12)11-18-15-7-5-4-6-13(15)2/h4-10H,11H2,1-3H3. The first-order valence-electron chi connectivity index (χ1n) is 6.02. The predicted molar refractivity (Wildman–Crippen MR) is 73.2 cm³/mol. The second-order valence-corrected chi connectivity index (χ2v) is 4.37. The molecule has 2 nitrogen and oxygen atoms in total. The van der Waals surface area contributed by atoms with Crippen LogP contribution in [0.4, 0.5) is 0 Å². The van der Waals surface area contributed by atoms with Crippen molar-refractivity contribution in [3.63, 3.8) is 0 Å². The van der Waals surface area contributed by atoms with Crippen molar-refractivity contribution in [3.05, 3.63) is 59.2 Å². The highest BCUT2D eigenvalue weighted by Gasteiger charge is 2.05. The summed E-state index contributed by atoms with van der Waals surface area (Å²) < 4.78 is 11.2. The summed E-state index contributed by atoms with van der Waals surface area (Å²) in [6.45, 7) is 4.63. The zero-order valence-corrected chi connectivity index (χ0v) is 11.1. The first kappa shape index (κ1) is 12.5. The number of rotatable bonds is 4. The highest BCUT2D eigenvalue weighted by atomic mass is 16.5. The second-order valence-electron chi connectivity index (χ2n) is 4.37. The normalized spacial score (nSPS) is 10.2. The third-order valence-electron chi connectivity index (χ3n) is 2.91. The molecule has 0 saturated heterocycles. The lowest BCUT2D eigenvalue weighted by molar-refractivity contribution is 0.294. The Kier molecular flexibility index (Phi) is 3.88. The smallest absolute Gasteiger partial charge is 0.125 e. The van der Waals surface area contributed by atoms with Gasteiger partial charge < -0.3 is 9.47 Å². The Morgan fingerprint density at radius 1 is 0.944 bits per heavy atom. The maximum atomic E-state index is 5.84. The van der Waals surface area contributed by atoms with Crippen LogP contribution in [0.1, 0.15) is 16.7 Å². The molecule has 0 aromatic heterocycles. The molecule has 2 aromatic carbocycles. The Balaban J connectivity index is 2.15. The van der Waals surface area contributed by atoms with E-state index >= 15 is 0 Å². The van der Waals surface area contributed by atoms with E-state index < -0.39 is 0 Å². The van der Waals surface area contributed by atoms with Gasteiger partial charge in [-0.15, -0.1) is 0 Å². The number of benzene rings is 2. The van der Waals surface area contributed by atoms with Crippen molar-refractivity contribution in [2.75, 3.05) is 7.11 Å². The van der Waals surface area contributed by atoms with Crippen molar-refractivity contribution in [1.82, 2.24) is 0 Å². The number of ether oxygens (including phenoxy) is 2. The average Bonchev–Trinajstić information content (AvgIpc) is 2.38. The van der Waals surface area contributed by atoms with E-state index in [9.17, 15) is 0 Å². The van der Waals surface area contributed by atoms with Crippen molar-refractivity contribution in [3.8, 4) is 11.5 Å². The average molecular weight is 242 g/mol. The highest BCUT2D eigenvalue weighted by Crippen LogP contribution is 2.23. The van der Waals surface area contributed by atoms with E-state index in [2.05, 4.69) is 13.0 Å². The lowest BCUT2D eigenvalue weighted by Gasteiger charge is -2.12. The zero-order valence-electron chi connectivity index (χ0n) is 11.1. The van der Waals surface area contributed by atoms with Crippen LogP contribution in [0.5, 0.6) is 11.5 Å². The third-order valence-corrected chi connectivity index (χ3v) is 2.91. The summed E-state index contributed by atoms with van der Waals surface area (Å²) in [5.74, 6) is 1.79. The van der Waals surface area contributed by atoms with E-state index in [1.54, 1.807) is 7.11 Å². The molecule has 0 heterocycles. The van der Waals surface area contributed by atoms with Gasteiger partial charge in [-0.05, 0) is 37.6 Å². The molecule has 2 rings (SSSR count). The molecule has 0 radical (unpaired) electrons. The highest BCUT2D eigenvalue weighted by molar-refractivity contribution is 5.37. The fourth-order valence-electron chi connectivity index (χ4n) is 1.89. The molecule has 2 heteroatoms. The van der Waals surface area contributed by atoms with Gasteiger partial charge in [0.1, 0.15) is 18.1 Å². The Morgan fingerprint density at radius 2 is 1.72 bits per heavy atom. The van der Waals surface area contributed by atoms with Gasteiger partial charge in [0, 0.05) is 5.56 Å². The molecule has 0 N–H and O–H groups in total. The molecular formula is C16H18O2. The van der Waals surface area contributed by atoms with E-state index in [-0.39, 0.29) is 0 Å². The molecule has 0 amide bonds. The molecule has 0 bridgehead atoms. The molecule has 18 heavy (non-hydrogen) atoms. The van der Waals surface area contributed by atoms with Crippen LogP contribution in [-0.4, -0.2) is 7.11 Å². The van der Waals surface area contributed by atoms with Crippen LogP contribution in [0, 0.1) is 13.8 Å². The molecule has 0 saturated carbocycles. The Morgan fingerprint density at radius 3 is 2.44 bits per heavy atom. The van der Waals surface area contributed by atoms with Gasteiger partial charge in [0.25, 0.3) is 0 Å². The van der Waals surface area contributed by atoms with Gasteiger partial charge in [0.15, 0.2) is 0 Å². The first-order valence-corrected chi connectivity index (χ1v) is 6.02. The Bertz CT molecular complexity index is 532. The van der Waals surface area contributed by atoms with E-state index in [1.165, 1.54) is 5.56 Å². The SMILES string of the molecule is COc1ccc(C)cc1COc1ccccc1C. The van der Waals surface area contributed by atoms with Gasteiger partial charge in [-0.1, -0.05) is 29.8 Å². The summed E-state index contributed by atoms with van der Waals surface area (Å²) in [6, 6.07) is 14.1. The van der Waals surface area contributed by atoms with E-state index in [1.807, 2.05) is 43.3 Å². The van der Waals surface area contributed by atoms with Gasteiger partial charge in [0.2, 0.25) is 0 Å². The summed E-state index contributed by atoms with van der Waals surface area (Å²) in [4.78, 5) is 0. The summed E-state index contributed by atoms with van der Waals surface area (Å²) in [5.41, 5.74) is 3.42. The van der Waals surface area contributed by atoms with Crippen molar-refractivity contribution < 1.29 is 9.47 Å². The summed E-state index contributed by atoms with van der Waals surface area (Å²) in [7, 11) is 1.68. The number of hydrogen-bond acceptors (Lipinski definition) is 2. The van der Waals surface area contributed by atoms with Gasteiger partial charge in [-0.2, -0.15) is 0 Å². The topological polar surface area (TPSA) is 18.5 Å². The molecule has 0 aliphatic heterocycles. The van der Waals surface area contributed by atoms with Crippen LogP contribution in [0.2, 0.25) is 0 Å². The molecule has 0 aliphatic rings. The van der Waals surface area contributed by atoms with Crippen LogP contribution in [0.15, 0.2) is 42.5 Å². The van der Waals surface area contributed by atoms with Crippen molar-refractivity contribution in [1.29, 1.82) is 0 Å². The van der Waals surface area contributed by atoms with E-state index in [0.29, 0.717) is 6.61 Å². The largest absolute Gasteiger partial charge is 0.496 e. The molecule has 0 unspecified atom stereocenters. The van der Waals surface area contributed by atoms with Gasteiger partial charge in [0.05, 0.1) is 7.11 Å². The van der Waals surface area contributed by atoms with Crippen LogP contribution in [0.25, 0.3) is 0 Å². The van der Waals surface area contributed by atoms with Crippen LogP contribution < -0.4 is 9.47 Å². The number of para-hydroxylation sites is 1. The van der Waals surface area contributed by atoms with Crippen molar-refractivity contribution >= 4 is 0 Å². The van der Waals surface area contributed by atoms with E-state index in [4.69, 9.17) is 9.47 Å². The van der Waals surface area contributed by atoms with Gasteiger partial charge >= 0.3 is 0 Å². The summed E-state index contributed by atoms with van der Waals surface area (Å²) >= 11 is 0. The van der Waals surface area contributed by atoms with Crippen molar-refractivity contribution in [2.45, 2.75) is 20.5 Å². The minimum absolute atomic E-state index is 0.524. The number of hydrogen-bond donors (Lipinski definition) is 0. The second kappa shape index (κ2) is 5.58. The van der Waals surface area contributed by atoms with Gasteiger partial charge in [-0.3, -0.25) is 0 Å². The maximum Gasteiger partial charge on any atom is 0.125 e. The first-order chi connectivity index (χ1) is 8.70. The monoisotopic (exact) mass is 242 g/mol. The van der Waals surface area contributed by atoms with Gasteiger partial charge in [-0.25, -0.2) is 0 Å². The number of aryl methyl sites for hydroxylation is 2. The molecular weight excluding hydrogens is 224 g/mol. The Hall–Kier alpha value is -1.96. The van der Waals surface area contributed by atoms with Crippen LogP contribution in [0.3, 0.4) is 0 Å². The summed E-state index contributed by atoms with van der Waals surface area (Å²) in [5, 5.41) is 0. The molecule has 2 aromatic rings. The lowest BCUT2D eigenvalue weighted by atomic mass is 10.1. The molecule has 0 aliphatic carbocycles. The summed E-state index contributed by atoms with van der Waals surface area (Å²) in [6.07, 6.45) is 0. The maximum absolute atomic E-state index is 5.84. The Labute approximate surface area is 108 Å². The quantitative estimate of drug-likeness (QED) is 0.809. The third kappa shape index (κ3) is 2.83. The minimum atomic E-state index is 0.524. The zero-order chi connectivity index (χ0) is 13.0. The fraction of sp³-hybridized carbons (Fsp3) is 0.250. The molecule has 0 spiro atoms. The predicted octanol–water partition coefficient (Wildman–Crippen LogP) is 3.89. The van der Waals surface area contributed by atoms with Crippen LogP contribution in [-0.2, 0) is 6.61 Å². The lowest BCUT2D eigenvalue weighted by Crippen LogP contribution is -2.00. The molecule has 0 atom stereocenters. The van der Waals surface area contributed by atoms with Crippen LogP contribution >= 0.6 is 0 Å². The fourth-order valence-corrected chi connectivity index (χ4v) is 1.89. The van der Waals surface area contributed by atoms with E-state index in [0.717, 1.165) is 22.6 Å². The van der Waals surface area contributed by atoms with Crippen molar-refractivity contribution in [2.24, 2.45) is 0 Å². The number of methoxy groups -OCH3 is 1. The minimum Gasteiger partial charge on any atom is -0.496 e. The molecule has 94 valence electrons.